The van der Waals surface area contributed by atoms with Crippen LogP contribution in [-0.4, -0.2) is 69.4 Å². The van der Waals surface area contributed by atoms with E-state index in [4.69, 9.17) is 21.1 Å². The summed E-state index contributed by atoms with van der Waals surface area (Å²) in [4.78, 5) is 21.5. The molecule has 9 heteroatoms. The van der Waals surface area contributed by atoms with Gasteiger partial charge in [-0.1, -0.05) is 0 Å². The van der Waals surface area contributed by atoms with Crippen LogP contribution in [0.25, 0.3) is 0 Å². The van der Waals surface area contributed by atoms with Gasteiger partial charge in [0.15, 0.2) is 0 Å². The van der Waals surface area contributed by atoms with Gasteiger partial charge in [-0.25, -0.2) is 8.78 Å². The Morgan fingerprint density at radius 3 is 1.88 bits per heavy atom. The Bertz CT molecular complexity index is 287. The minimum Gasteiger partial charge on any atom is -0.394 e. The SMILES string of the molecule is N[C@@H](C(=O)C(=O)C(F)F)[C@@H](O)[C@@H](O)[C@H](O)CO. The molecule has 0 fully saturated rings. The van der Waals surface area contributed by atoms with E-state index in [1.165, 1.54) is 0 Å². The molecule has 0 saturated heterocycles. The molecule has 0 aliphatic heterocycles. The largest absolute Gasteiger partial charge is 0.394 e. The average Bonchev–Trinajstić information content (AvgIpc) is 2.32. The van der Waals surface area contributed by atoms with E-state index >= 15 is 0 Å². The van der Waals surface area contributed by atoms with Gasteiger partial charge in [-0.05, 0) is 0 Å². The van der Waals surface area contributed by atoms with E-state index in [-0.39, 0.29) is 0 Å². The number of carbonyl (C=O) groups excluding carboxylic acids is 2. The quantitative estimate of drug-likeness (QED) is 0.302. The molecule has 0 aromatic carbocycles. The van der Waals surface area contributed by atoms with Gasteiger partial charge >= 0.3 is 6.43 Å². The van der Waals surface area contributed by atoms with Crippen molar-refractivity contribution in [3.8, 4) is 0 Å². The van der Waals surface area contributed by atoms with Crippen molar-refractivity contribution in [2.24, 2.45) is 5.73 Å². The van der Waals surface area contributed by atoms with Crippen LogP contribution in [-0.2, 0) is 9.59 Å². The normalized spacial score (nSPS) is 18.6. The van der Waals surface area contributed by atoms with Gasteiger partial charge in [-0.2, -0.15) is 0 Å². The van der Waals surface area contributed by atoms with Gasteiger partial charge < -0.3 is 26.2 Å². The third-order valence-electron chi connectivity index (χ3n) is 2.04. The molecule has 0 aliphatic carbocycles. The van der Waals surface area contributed by atoms with E-state index < -0.39 is 49.0 Å². The van der Waals surface area contributed by atoms with Crippen LogP contribution in [0.1, 0.15) is 0 Å². The number of alkyl halides is 2. The second-order valence-electron chi connectivity index (χ2n) is 3.29. The number of hydrogen-bond donors (Lipinski definition) is 5. The summed E-state index contributed by atoms with van der Waals surface area (Å²) in [6.45, 7) is -0.943. The zero-order valence-corrected chi connectivity index (χ0v) is 8.53. The van der Waals surface area contributed by atoms with E-state index in [2.05, 4.69) is 0 Å². The maximum absolute atomic E-state index is 11.9. The molecule has 0 aromatic rings. The number of carbonyl (C=O) groups is 2. The number of halogens is 2. The van der Waals surface area contributed by atoms with E-state index in [9.17, 15) is 23.5 Å². The molecule has 0 saturated carbocycles. The van der Waals surface area contributed by atoms with Crippen molar-refractivity contribution in [1.29, 1.82) is 0 Å². The Labute approximate surface area is 94.5 Å². The molecule has 6 N–H and O–H groups in total. The summed E-state index contributed by atoms with van der Waals surface area (Å²) < 4.78 is 23.7. The van der Waals surface area contributed by atoms with Crippen LogP contribution in [0.3, 0.4) is 0 Å². The second-order valence-corrected chi connectivity index (χ2v) is 3.29. The summed E-state index contributed by atoms with van der Waals surface area (Å²) in [6, 6.07) is -2.10. The lowest BCUT2D eigenvalue weighted by molar-refractivity contribution is -0.147. The summed E-state index contributed by atoms with van der Waals surface area (Å²) in [7, 11) is 0. The number of nitrogens with two attached hydrogens (primary N) is 1. The minimum atomic E-state index is -3.57. The van der Waals surface area contributed by atoms with Gasteiger partial charge in [-0.15, -0.1) is 0 Å². The van der Waals surface area contributed by atoms with Gasteiger partial charge in [-0.3, -0.25) is 9.59 Å². The van der Waals surface area contributed by atoms with Crippen LogP contribution in [0.4, 0.5) is 8.78 Å². The molecular formula is C8H13F2NO6. The third-order valence-corrected chi connectivity index (χ3v) is 2.04. The van der Waals surface area contributed by atoms with Crippen LogP contribution in [0.15, 0.2) is 0 Å². The summed E-state index contributed by atoms with van der Waals surface area (Å²) in [5.41, 5.74) is 4.99. The van der Waals surface area contributed by atoms with Gasteiger partial charge in [0.25, 0.3) is 5.78 Å². The lowest BCUT2D eigenvalue weighted by atomic mass is 9.97. The Morgan fingerprint density at radius 1 is 1.06 bits per heavy atom. The van der Waals surface area contributed by atoms with Gasteiger partial charge in [0.2, 0.25) is 5.78 Å². The Balaban J connectivity index is 4.65. The van der Waals surface area contributed by atoms with Gasteiger partial charge in [0.05, 0.1) is 6.61 Å². The molecule has 17 heavy (non-hydrogen) atoms. The highest BCUT2D eigenvalue weighted by molar-refractivity contribution is 6.40. The van der Waals surface area contributed by atoms with Crippen LogP contribution >= 0.6 is 0 Å². The number of hydrogen-bond acceptors (Lipinski definition) is 7. The second kappa shape index (κ2) is 6.67. The first-order valence-electron chi connectivity index (χ1n) is 4.50. The molecule has 0 radical (unpaired) electrons. The molecule has 7 nitrogen and oxygen atoms in total. The molecule has 0 amide bonds. The third kappa shape index (κ3) is 4.06. The highest BCUT2D eigenvalue weighted by Gasteiger charge is 2.38. The lowest BCUT2D eigenvalue weighted by Crippen LogP contribution is -2.55. The number of rotatable bonds is 7. The van der Waals surface area contributed by atoms with Crippen LogP contribution in [0.2, 0.25) is 0 Å². The molecule has 0 aromatic heterocycles. The minimum absolute atomic E-state index is 0.943. The fourth-order valence-corrected chi connectivity index (χ4v) is 0.975. The van der Waals surface area contributed by atoms with Crippen molar-refractivity contribution in [3.63, 3.8) is 0 Å². The summed E-state index contributed by atoms with van der Waals surface area (Å²) >= 11 is 0. The standard InChI is InChI=1S/C8H13F2NO6/c9-8(10)7(17)6(16)3(11)5(15)4(14)2(13)1-12/h2-5,8,12-15H,1,11H2/t2-,3-,4+,5-/m1/s1. The van der Waals surface area contributed by atoms with Crippen molar-refractivity contribution in [3.05, 3.63) is 0 Å². The van der Waals surface area contributed by atoms with Crippen molar-refractivity contribution < 1.29 is 38.8 Å². The molecule has 0 unspecified atom stereocenters. The zero-order chi connectivity index (χ0) is 13.7. The topological polar surface area (TPSA) is 141 Å². The summed E-state index contributed by atoms with van der Waals surface area (Å²) in [5, 5.41) is 35.7. The smallest absolute Gasteiger partial charge is 0.303 e. The number of Topliss-reactive ketones (excluding diaryl/α,β-unsaturated/α-hetero) is 2. The lowest BCUT2D eigenvalue weighted by Gasteiger charge is -2.25. The van der Waals surface area contributed by atoms with E-state index in [1.807, 2.05) is 0 Å². The zero-order valence-electron chi connectivity index (χ0n) is 8.53. The van der Waals surface area contributed by atoms with Crippen molar-refractivity contribution >= 4 is 11.6 Å². The molecule has 4 atom stereocenters. The molecule has 0 heterocycles. The molecule has 0 spiro atoms. The first kappa shape index (κ1) is 16.0. The predicted molar refractivity (Wildman–Crippen MR) is 49.1 cm³/mol. The highest BCUT2D eigenvalue weighted by Crippen LogP contribution is 2.07. The van der Waals surface area contributed by atoms with Crippen molar-refractivity contribution in [1.82, 2.24) is 0 Å². The van der Waals surface area contributed by atoms with Crippen LogP contribution in [0, 0.1) is 0 Å². The van der Waals surface area contributed by atoms with Gasteiger partial charge in [0, 0.05) is 0 Å². The first-order chi connectivity index (χ1) is 7.73. The number of aliphatic hydroxyl groups excluding tert-OH is 4. The van der Waals surface area contributed by atoms with Crippen LogP contribution in [0.5, 0.6) is 0 Å². The van der Waals surface area contributed by atoms with E-state index in [1.54, 1.807) is 0 Å². The fourth-order valence-electron chi connectivity index (χ4n) is 0.975. The molecule has 0 rings (SSSR count). The monoisotopic (exact) mass is 257 g/mol. The fraction of sp³-hybridized carbons (Fsp3) is 0.750. The van der Waals surface area contributed by atoms with Crippen molar-refractivity contribution in [2.45, 2.75) is 30.8 Å². The Kier molecular flexibility index (Phi) is 6.27. The first-order valence-corrected chi connectivity index (χ1v) is 4.50. The maximum atomic E-state index is 11.9. The number of ketones is 2. The molecule has 0 aliphatic rings. The van der Waals surface area contributed by atoms with Crippen LogP contribution < -0.4 is 5.73 Å². The molecular weight excluding hydrogens is 244 g/mol. The maximum Gasteiger partial charge on any atom is 0.303 e. The highest BCUT2D eigenvalue weighted by atomic mass is 19.3. The van der Waals surface area contributed by atoms with E-state index in [0.29, 0.717) is 0 Å². The average molecular weight is 257 g/mol. The van der Waals surface area contributed by atoms with Gasteiger partial charge in [0.1, 0.15) is 24.4 Å². The summed E-state index contributed by atoms with van der Waals surface area (Å²) in [5.74, 6) is -3.86. The molecule has 100 valence electrons. The summed E-state index contributed by atoms with van der Waals surface area (Å²) in [6.07, 6.45) is -9.57. The Morgan fingerprint density at radius 2 is 1.53 bits per heavy atom. The predicted octanol–water partition coefficient (Wildman–Crippen LogP) is -3.21. The Hall–Kier alpha value is -1.00. The van der Waals surface area contributed by atoms with Crippen molar-refractivity contribution in [2.75, 3.05) is 6.61 Å². The van der Waals surface area contributed by atoms with E-state index in [0.717, 1.165) is 0 Å². The molecule has 0 bridgehead atoms. The number of aliphatic hydroxyl groups is 4.